The molecular weight excluding hydrogens is 228 g/mol. The van der Waals surface area contributed by atoms with Gasteiger partial charge in [-0.3, -0.25) is 4.79 Å². The second kappa shape index (κ2) is 6.02. The van der Waals surface area contributed by atoms with Crippen molar-refractivity contribution < 1.29 is 9.53 Å². The SMILES string of the molecule is CCCC1(C(=O)N2CCOC[C@H]2C)CCCNC1. The zero-order chi connectivity index (χ0) is 13.0. The van der Waals surface area contributed by atoms with E-state index in [2.05, 4.69) is 19.2 Å². The Morgan fingerprint density at radius 3 is 3.00 bits per heavy atom. The third-order valence-electron chi connectivity index (χ3n) is 4.28. The minimum absolute atomic E-state index is 0.154. The van der Waals surface area contributed by atoms with Crippen LogP contribution < -0.4 is 5.32 Å². The summed E-state index contributed by atoms with van der Waals surface area (Å²) in [7, 11) is 0. The summed E-state index contributed by atoms with van der Waals surface area (Å²) in [6, 6.07) is 0.224. The van der Waals surface area contributed by atoms with Crippen molar-refractivity contribution in [2.24, 2.45) is 5.41 Å². The molecule has 0 radical (unpaired) electrons. The van der Waals surface area contributed by atoms with Crippen LogP contribution in [0.3, 0.4) is 0 Å². The predicted molar refractivity (Wildman–Crippen MR) is 71.4 cm³/mol. The van der Waals surface area contributed by atoms with Crippen LogP contribution in [0.2, 0.25) is 0 Å². The van der Waals surface area contributed by atoms with Gasteiger partial charge in [0.1, 0.15) is 0 Å². The molecule has 4 heteroatoms. The first-order chi connectivity index (χ1) is 8.69. The number of piperidine rings is 1. The van der Waals surface area contributed by atoms with Crippen LogP contribution >= 0.6 is 0 Å². The van der Waals surface area contributed by atoms with Crippen LogP contribution in [0.5, 0.6) is 0 Å². The molecule has 1 N–H and O–H groups in total. The maximum absolute atomic E-state index is 12.9. The quantitative estimate of drug-likeness (QED) is 0.828. The van der Waals surface area contributed by atoms with E-state index in [9.17, 15) is 4.79 Å². The van der Waals surface area contributed by atoms with E-state index in [1.165, 1.54) is 0 Å². The van der Waals surface area contributed by atoms with Gasteiger partial charge in [-0.15, -0.1) is 0 Å². The second-order valence-corrected chi connectivity index (χ2v) is 5.73. The topological polar surface area (TPSA) is 41.6 Å². The summed E-state index contributed by atoms with van der Waals surface area (Å²) >= 11 is 0. The Labute approximate surface area is 110 Å². The van der Waals surface area contributed by atoms with Crippen LogP contribution in [0, 0.1) is 5.41 Å². The van der Waals surface area contributed by atoms with Gasteiger partial charge in [0.15, 0.2) is 0 Å². The Hall–Kier alpha value is -0.610. The largest absolute Gasteiger partial charge is 0.377 e. The maximum atomic E-state index is 12.9. The van der Waals surface area contributed by atoms with E-state index in [-0.39, 0.29) is 11.5 Å². The van der Waals surface area contributed by atoms with Crippen molar-refractivity contribution in [2.45, 2.75) is 45.6 Å². The van der Waals surface area contributed by atoms with Gasteiger partial charge in [-0.1, -0.05) is 13.3 Å². The molecule has 0 aromatic carbocycles. The fourth-order valence-corrected chi connectivity index (χ4v) is 3.28. The van der Waals surface area contributed by atoms with E-state index in [0.717, 1.165) is 45.3 Å². The molecule has 0 aliphatic carbocycles. The zero-order valence-electron chi connectivity index (χ0n) is 11.7. The monoisotopic (exact) mass is 254 g/mol. The number of amides is 1. The van der Waals surface area contributed by atoms with Crippen molar-refractivity contribution in [1.82, 2.24) is 10.2 Å². The number of nitrogens with one attached hydrogen (secondary N) is 1. The molecule has 0 aromatic heterocycles. The lowest BCUT2D eigenvalue weighted by molar-refractivity contribution is -0.152. The first-order valence-corrected chi connectivity index (χ1v) is 7.29. The minimum Gasteiger partial charge on any atom is -0.377 e. The molecule has 4 nitrogen and oxygen atoms in total. The lowest BCUT2D eigenvalue weighted by Gasteiger charge is -2.43. The summed E-state index contributed by atoms with van der Waals surface area (Å²) in [6.45, 7) is 8.29. The molecule has 104 valence electrons. The first kappa shape index (κ1) is 13.8. The van der Waals surface area contributed by atoms with Crippen LogP contribution in [0.4, 0.5) is 0 Å². The number of carbonyl (C=O) groups excluding carboxylic acids is 1. The fourth-order valence-electron chi connectivity index (χ4n) is 3.28. The molecule has 0 bridgehead atoms. The first-order valence-electron chi connectivity index (χ1n) is 7.29. The average Bonchev–Trinajstić information content (AvgIpc) is 2.40. The van der Waals surface area contributed by atoms with Crippen molar-refractivity contribution in [2.75, 3.05) is 32.8 Å². The summed E-state index contributed by atoms with van der Waals surface area (Å²) in [6.07, 6.45) is 4.23. The number of nitrogens with zero attached hydrogens (tertiary/aromatic N) is 1. The Balaban J connectivity index is 2.11. The molecule has 18 heavy (non-hydrogen) atoms. The third kappa shape index (κ3) is 2.69. The van der Waals surface area contributed by atoms with Gasteiger partial charge in [-0.05, 0) is 32.7 Å². The van der Waals surface area contributed by atoms with Gasteiger partial charge in [0, 0.05) is 13.1 Å². The Bertz CT molecular complexity index is 282. The zero-order valence-corrected chi connectivity index (χ0v) is 11.7. The van der Waals surface area contributed by atoms with E-state index >= 15 is 0 Å². The third-order valence-corrected chi connectivity index (χ3v) is 4.28. The number of hydrogen-bond donors (Lipinski definition) is 1. The lowest BCUT2D eigenvalue weighted by atomic mass is 9.75. The molecule has 0 saturated carbocycles. The van der Waals surface area contributed by atoms with Crippen molar-refractivity contribution in [3.8, 4) is 0 Å². The molecule has 0 spiro atoms. The molecule has 0 aromatic rings. The maximum Gasteiger partial charge on any atom is 0.230 e. The van der Waals surface area contributed by atoms with E-state index in [4.69, 9.17) is 4.74 Å². The molecule has 1 amide bonds. The minimum atomic E-state index is -0.154. The molecular formula is C14H26N2O2. The van der Waals surface area contributed by atoms with Gasteiger partial charge < -0.3 is 15.0 Å². The van der Waals surface area contributed by atoms with Gasteiger partial charge in [0.05, 0.1) is 24.7 Å². The van der Waals surface area contributed by atoms with E-state index in [1.54, 1.807) is 0 Å². The van der Waals surface area contributed by atoms with E-state index in [1.807, 2.05) is 4.90 Å². The summed E-state index contributed by atoms with van der Waals surface area (Å²) in [4.78, 5) is 15.0. The molecule has 2 atom stereocenters. The Kier molecular flexibility index (Phi) is 4.62. The van der Waals surface area contributed by atoms with Crippen LogP contribution in [0.1, 0.15) is 39.5 Å². The van der Waals surface area contributed by atoms with Crippen LogP contribution in [0.15, 0.2) is 0 Å². The molecule has 2 saturated heterocycles. The number of rotatable bonds is 3. The Morgan fingerprint density at radius 1 is 1.56 bits per heavy atom. The molecule has 2 fully saturated rings. The lowest BCUT2D eigenvalue weighted by Crippen LogP contribution is -2.57. The highest BCUT2D eigenvalue weighted by molar-refractivity contribution is 5.83. The molecule has 2 rings (SSSR count). The standard InChI is InChI=1S/C14H26N2O2/c1-3-5-14(6-4-7-15-11-14)13(17)16-8-9-18-10-12(16)2/h12,15H,3-11H2,1-2H3/t12-,14?/m1/s1. The van der Waals surface area contributed by atoms with Crippen LogP contribution in [-0.2, 0) is 9.53 Å². The molecule has 2 aliphatic heterocycles. The number of morpholine rings is 1. The highest BCUT2D eigenvalue weighted by Crippen LogP contribution is 2.34. The summed E-state index contributed by atoms with van der Waals surface area (Å²) < 4.78 is 5.43. The van der Waals surface area contributed by atoms with Crippen molar-refractivity contribution in [3.63, 3.8) is 0 Å². The second-order valence-electron chi connectivity index (χ2n) is 5.73. The van der Waals surface area contributed by atoms with Gasteiger partial charge in [-0.2, -0.15) is 0 Å². The fraction of sp³-hybridized carbons (Fsp3) is 0.929. The van der Waals surface area contributed by atoms with Gasteiger partial charge >= 0.3 is 0 Å². The van der Waals surface area contributed by atoms with E-state index < -0.39 is 0 Å². The van der Waals surface area contributed by atoms with Crippen molar-refractivity contribution >= 4 is 5.91 Å². The molecule has 1 unspecified atom stereocenters. The normalized spacial score (nSPS) is 33.4. The highest BCUT2D eigenvalue weighted by Gasteiger charge is 2.42. The highest BCUT2D eigenvalue weighted by atomic mass is 16.5. The summed E-state index contributed by atoms with van der Waals surface area (Å²) in [5, 5.41) is 3.42. The summed E-state index contributed by atoms with van der Waals surface area (Å²) in [5.41, 5.74) is -0.154. The van der Waals surface area contributed by atoms with Crippen molar-refractivity contribution in [3.05, 3.63) is 0 Å². The molecule has 2 heterocycles. The average molecular weight is 254 g/mol. The predicted octanol–water partition coefficient (Wildman–Crippen LogP) is 1.40. The summed E-state index contributed by atoms with van der Waals surface area (Å²) in [5.74, 6) is 0.354. The van der Waals surface area contributed by atoms with Gasteiger partial charge in [0.2, 0.25) is 5.91 Å². The van der Waals surface area contributed by atoms with Crippen LogP contribution in [-0.4, -0.2) is 49.7 Å². The van der Waals surface area contributed by atoms with Gasteiger partial charge in [0.25, 0.3) is 0 Å². The number of ether oxygens (including phenoxy) is 1. The molecule has 2 aliphatic rings. The number of hydrogen-bond acceptors (Lipinski definition) is 3. The Morgan fingerprint density at radius 2 is 2.39 bits per heavy atom. The van der Waals surface area contributed by atoms with Gasteiger partial charge in [-0.25, -0.2) is 0 Å². The van der Waals surface area contributed by atoms with Crippen LogP contribution in [0.25, 0.3) is 0 Å². The smallest absolute Gasteiger partial charge is 0.230 e. The van der Waals surface area contributed by atoms with Crippen molar-refractivity contribution in [1.29, 1.82) is 0 Å². The van der Waals surface area contributed by atoms with E-state index in [0.29, 0.717) is 19.1 Å². The number of carbonyl (C=O) groups is 1.